The van der Waals surface area contributed by atoms with E-state index in [4.69, 9.17) is 23.2 Å². The van der Waals surface area contributed by atoms with Crippen LogP contribution in [0, 0.1) is 0 Å². The Kier molecular flexibility index (Phi) is 9.56. The molecule has 0 bridgehead atoms. The molecule has 0 spiro atoms. The minimum atomic E-state index is -3.57. The summed E-state index contributed by atoms with van der Waals surface area (Å²) in [6, 6.07) is 12.6. The van der Waals surface area contributed by atoms with Crippen molar-refractivity contribution in [3.63, 3.8) is 0 Å². The number of halogens is 3. The lowest BCUT2D eigenvalue weighted by molar-refractivity contribution is 0.564. The van der Waals surface area contributed by atoms with Crippen LogP contribution in [0.25, 0.3) is 0 Å². The normalized spacial score (nSPS) is 11.7. The van der Waals surface area contributed by atoms with E-state index in [2.05, 4.69) is 38.1 Å². The van der Waals surface area contributed by atoms with Crippen LogP contribution in [0.4, 0.5) is 0 Å². The van der Waals surface area contributed by atoms with Gasteiger partial charge < -0.3 is 5.32 Å². The third-order valence-electron chi connectivity index (χ3n) is 3.96. The molecule has 148 valence electrons. The Bertz CT molecular complexity index is 810. The lowest BCUT2D eigenvalue weighted by Gasteiger charge is -2.08. The van der Waals surface area contributed by atoms with Crippen molar-refractivity contribution >= 4 is 49.2 Å². The number of benzene rings is 2. The van der Waals surface area contributed by atoms with E-state index in [1.807, 2.05) is 12.1 Å². The van der Waals surface area contributed by atoms with E-state index in [0.29, 0.717) is 16.6 Å². The van der Waals surface area contributed by atoms with Gasteiger partial charge in [-0.1, -0.05) is 64.1 Å². The van der Waals surface area contributed by atoms with Crippen molar-refractivity contribution < 1.29 is 8.42 Å². The number of hydrogen-bond acceptors (Lipinski definition) is 3. The highest BCUT2D eigenvalue weighted by atomic mass is 79.9. The molecule has 2 rings (SSSR count). The maximum Gasteiger partial charge on any atom is 0.240 e. The van der Waals surface area contributed by atoms with Gasteiger partial charge in [-0.05, 0) is 55.3 Å². The first-order valence-electron chi connectivity index (χ1n) is 8.78. The molecule has 0 radical (unpaired) electrons. The molecule has 0 aliphatic rings. The van der Waals surface area contributed by atoms with Crippen molar-refractivity contribution in [2.45, 2.75) is 37.1 Å². The first-order chi connectivity index (χ1) is 12.9. The average Bonchev–Trinajstić information content (AvgIpc) is 2.61. The van der Waals surface area contributed by atoms with Gasteiger partial charge in [0.1, 0.15) is 0 Å². The summed E-state index contributed by atoms with van der Waals surface area (Å²) in [5, 5.41) is 4.02. The summed E-state index contributed by atoms with van der Waals surface area (Å²) in [5.41, 5.74) is 1.26. The topological polar surface area (TPSA) is 58.2 Å². The zero-order valence-corrected chi connectivity index (χ0v) is 18.8. The van der Waals surface area contributed by atoms with Gasteiger partial charge in [-0.2, -0.15) is 0 Å². The van der Waals surface area contributed by atoms with Crippen molar-refractivity contribution in [3.8, 4) is 0 Å². The lowest BCUT2D eigenvalue weighted by atomic mass is 10.2. The molecule has 0 saturated carbocycles. The summed E-state index contributed by atoms with van der Waals surface area (Å²) in [7, 11) is -3.57. The van der Waals surface area contributed by atoms with Gasteiger partial charge in [0.25, 0.3) is 0 Å². The second-order valence-electron chi connectivity index (χ2n) is 6.22. The largest absolute Gasteiger partial charge is 0.313 e. The summed E-state index contributed by atoms with van der Waals surface area (Å²) in [5.74, 6) is 0. The standard InChI is InChI=1S/C19H23BrCl2N2O2S/c20-16-7-5-15(6-8-16)14-23-9-3-1-2-4-10-24-27(25,26)19-12-17(21)11-18(22)13-19/h5-8,11-13,23-24H,1-4,9-10,14H2. The SMILES string of the molecule is O=S(=O)(NCCCCCCNCc1ccc(Br)cc1)c1cc(Cl)cc(Cl)c1. The van der Waals surface area contributed by atoms with Gasteiger partial charge in [0.2, 0.25) is 10.0 Å². The summed E-state index contributed by atoms with van der Waals surface area (Å²) in [4.78, 5) is 0.0946. The smallest absolute Gasteiger partial charge is 0.240 e. The molecule has 0 fully saturated rings. The summed E-state index contributed by atoms with van der Waals surface area (Å²) in [6.45, 7) is 2.21. The first kappa shape index (κ1) is 22.7. The lowest BCUT2D eigenvalue weighted by Crippen LogP contribution is -2.24. The van der Waals surface area contributed by atoms with Crippen LogP contribution in [0.15, 0.2) is 51.8 Å². The Morgan fingerprint density at radius 1 is 0.852 bits per heavy atom. The molecule has 27 heavy (non-hydrogen) atoms. The highest BCUT2D eigenvalue weighted by Gasteiger charge is 2.14. The molecule has 0 aliphatic carbocycles. The zero-order valence-electron chi connectivity index (χ0n) is 14.8. The first-order valence-corrected chi connectivity index (χ1v) is 11.8. The summed E-state index contributed by atoms with van der Waals surface area (Å²) in [6.07, 6.45) is 3.88. The van der Waals surface area contributed by atoms with E-state index < -0.39 is 10.0 Å². The van der Waals surface area contributed by atoms with Gasteiger partial charge in [0.05, 0.1) is 4.90 Å². The zero-order chi connectivity index (χ0) is 19.7. The fraction of sp³-hybridized carbons (Fsp3) is 0.368. The highest BCUT2D eigenvalue weighted by molar-refractivity contribution is 9.10. The van der Waals surface area contributed by atoms with Gasteiger partial charge in [-0.15, -0.1) is 0 Å². The van der Waals surface area contributed by atoms with Crippen molar-refractivity contribution in [2.24, 2.45) is 0 Å². The molecule has 2 N–H and O–H groups in total. The monoisotopic (exact) mass is 492 g/mol. The maximum absolute atomic E-state index is 12.2. The van der Waals surface area contributed by atoms with Crippen molar-refractivity contribution in [2.75, 3.05) is 13.1 Å². The van der Waals surface area contributed by atoms with Crippen molar-refractivity contribution in [3.05, 3.63) is 62.5 Å². The fourth-order valence-corrected chi connectivity index (χ4v) is 4.60. The van der Waals surface area contributed by atoms with Crippen LogP contribution < -0.4 is 10.0 Å². The Labute approximate surface area is 179 Å². The number of nitrogens with one attached hydrogen (secondary N) is 2. The third kappa shape index (κ3) is 8.50. The number of rotatable bonds is 11. The van der Waals surface area contributed by atoms with Crippen LogP contribution in [0.1, 0.15) is 31.2 Å². The van der Waals surface area contributed by atoms with E-state index in [1.165, 1.54) is 23.8 Å². The van der Waals surface area contributed by atoms with E-state index in [-0.39, 0.29) is 4.90 Å². The number of hydrogen-bond donors (Lipinski definition) is 2. The summed E-state index contributed by atoms with van der Waals surface area (Å²) < 4.78 is 28.1. The molecule has 0 unspecified atom stereocenters. The number of unbranched alkanes of at least 4 members (excludes halogenated alkanes) is 3. The molecule has 0 amide bonds. The Balaban J connectivity index is 1.57. The van der Waals surface area contributed by atoms with Crippen molar-refractivity contribution in [1.82, 2.24) is 10.0 Å². The quantitative estimate of drug-likeness (QED) is 0.413. The van der Waals surface area contributed by atoms with Gasteiger partial charge in [-0.3, -0.25) is 0 Å². The van der Waals surface area contributed by atoms with Crippen molar-refractivity contribution in [1.29, 1.82) is 0 Å². The second kappa shape index (κ2) is 11.4. The van der Waals surface area contributed by atoms with Crippen LogP contribution >= 0.6 is 39.1 Å². The van der Waals surface area contributed by atoms with Crippen LogP contribution in [-0.2, 0) is 16.6 Å². The van der Waals surface area contributed by atoms with E-state index in [9.17, 15) is 8.42 Å². The number of sulfonamides is 1. The molecular weight excluding hydrogens is 471 g/mol. The Morgan fingerprint density at radius 3 is 2.07 bits per heavy atom. The second-order valence-corrected chi connectivity index (χ2v) is 9.78. The molecule has 0 aliphatic heterocycles. The van der Waals surface area contributed by atoms with E-state index in [1.54, 1.807) is 0 Å². The predicted octanol–water partition coefficient (Wildman–Crippen LogP) is 5.38. The highest BCUT2D eigenvalue weighted by Crippen LogP contribution is 2.22. The molecule has 0 aromatic heterocycles. The third-order valence-corrected chi connectivity index (χ3v) is 6.37. The van der Waals surface area contributed by atoms with Crippen LogP contribution in [0.2, 0.25) is 10.0 Å². The molecule has 4 nitrogen and oxygen atoms in total. The molecule has 0 heterocycles. The van der Waals surface area contributed by atoms with Gasteiger partial charge >= 0.3 is 0 Å². The molecule has 0 saturated heterocycles. The minimum Gasteiger partial charge on any atom is -0.313 e. The molecular formula is C19H23BrCl2N2O2S. The van der Waals surface area contributed by atoms with Crippen LogP contribution in [0.5, 0.6) is 0 Å². The van der Waals surface area contributed by atoms with Gasteiger partial charge in [-0.25, -0.2) is 13.1 Å². The molecule has 2 aromatic rings. The molecule has 8 heteroatoms. The van der Waals surface area contributed by atoms with E-state index in [0.717, 1.165) is 43.2 Å². The van der Waals surface area contributed by atoms with Gasteiger partial charge in [0.15, 0.2) is 0 Å². The predicted molar refractivity (Wildman–Crippen MR) is 116 cm³/mol. The van der Waals surface area contributed by atoms with Crippen LogP contribution in [-0.4, -0.2) is 21.5 Å². The maximum atomic E-state index is 12.2. The minimum absolute atomic E-state index is 0.0946. The molecule has 2 aromatic carbocycles. The van der Waals surface area contributed by atoms with Gasteiger partial charge in [0, 0.05) is 27.6 Å². The molecule has 0 atom stereocenters. The Morgan fingerprint density at radius 2 is 1.44 bits per heavy atom. The average molecular weight is 494 g/mol. The fourth-order valence-electron chi connectivity index (χ4n) is 2.54. The van der Waals surface area contributed by atoms with E-state index >= 15 is 0 Å². The van der Waals surface area contributed by atoms with Crippen LogP contribution in [0.3, 0.4) is 0 Å². The Hall–Kier alpha value is -0.630. The summed E-state index contributed by atoms with van der Waals surface area (Å²) >= 11 is 15.1.